The number of esters is 2. The Bertz CT molecular complexity index is 941. The molecular formula is C19H12Cl2O5. The van der Waals surface area contributed by atoms with E-state index in [-0.39, 0.29) is 16.9 Å². The smallest absolute Gasteiger partial charge is 0.348 e. The van der Waals surface area contributed by atoms with Gasteiger partial charge < -0.3 is 14.6 Å². The van der Waals surface area contributed by atoms with Gasteiger partial charge in [0.1, 0.15) is 11.1 Å². The molecule has 7 heteroatoms. The molecule has 0 amide bonds. The molecule has 0 aliphatic carbocycles. The minimum Gasteiger partial charge on any atom is -0.504 e. The van der Waals surface area contributed by atoms with Crippen LogP contribution in [0.1, 0.15) is 11.1 Å². The van der Waals surface area contributed by atoms with Gasteiger partial charge in [0.15, 0.2) is 11.5 Å². The van der Waals surface area contributed by atoms with Crippen molar-refractivity contribution in [1.82, 2.24) is 0 Å². The maximum Gasteiger partial charge on any atom is 0.348 e. The highest BCUT2D eigenvalue weighted by molar-refractivity contribution is 6.31. The number of rotatable bonds is 3. The van der Waals surface area contributed by atoms with Crippen LogP contribution < -0.4 is 0 Å². The fraction of sp³-hybridized carbons (Fsp3) is 0.0526. The molecule has 0 saturated heterocycles. The van der Waals surface area contributed by atoms with Gasteiger partial charge in [0.25, 0.3) is 0 Å². The first-order valence-electron chi connectivity index (χ1n) is 7.42. The monoisotopic (exact) mass is 390 g/mol. The van der Waals surface area contributed by atoms with Crippen molar-refractivity contribution in [3.8, 4) is 0 Å². The zero-order valence-electron chi connectivity index (χ0n) is 13.5. The normalized spacial score (nSPS) is 15.7. The molecule has 1 aliphatic heterocycles. The predicted molar refractivity (Wildman–Crippen MR) is 97.5 cm³/mol. The van der Waals surface area contributed by atoms with Gasteiger partial charge in [-0.1, -0.05) is 47.5 Å². The van der Waals surface area contributed by atoms with Crippen molar-refractivity contribution in [3.05, 3.63) is 81.2 Å². The van der Waals surface area contributed by atoms with Crippen molar-refractivity contribution in [2.24, 2.45) is 0 Å². The van der Waals surface area contributed by atoms with Crippen LogP contribution in [0.2, 0.25) is 10.0 Å². The molecule has 132 valence electrons. The van der Waals surface area contributed by atoms with Crippen molar-refractivity contribution in [1.29, 1.82) is 0 Å². The van der Waals surface area contributed by atoms with Crippen molar-refractivity contribution in [2.75, 3.05) is 7.11 Å². The van der Waals surface area contributed by atoms with Crippen LogP contribution in [0.4, 0.5) is 0 Å². The van der Waals surface area contributed by atoms with Gasteiger partial charge in [-0.3, -0.25) is 0 Å². The Morgan fingerprint density at radius 1 is 1.00 bits per heavy atom. The number of ether oxygens (including phenoxy) is 2. The molecule has 0 radical (unpaired) electrons. The summed E-state index contributed by atoms with van der Waals surface area (Å²) in [6.07, 6.45) is 0. The topological polar surface area (TPSA) is 72.8 Å². The molecular weight excluding hydrogens is 379 g/mol. The summed E-state index contributed by atoms with van der Waals surface area (Å²) in [6.45, 7) is 0. The Kier molecular flexibility index (Phi) is 5.02. The largest absolute Gasteiger partial charge is 0.504 e. The van der Waals surface area contributed by atoms with Gasteiger partial charge in [-0.05, 0) is 35.4 Å². The molecule has 0 bridgehead atoms. The lowest BCUT2D eigenvalue weighted by atomic mass is 10.0. The van der Waals surface area contributed by atoms with Gasteiger partial charge in [0.05, 0.1) is 7.11 Å². The van der Waals surface area contributed by atoms with Crippen LogP contribution >= 0.6 is 23.2 Å². The van der Waals surface area contributed by atoms with Gasteiger partial charge in [-0.15, -0.1) is 0 Å². The minimum atomic E-state index is -0.782. The fourth-order valence-corrected chi connectivity index (χ4v) is 2.76. The second kappa shape index (κ2) is 7.23. The van der Waals surface area contributed by atoms with E-state index in [0.717, 1.165) is 0 Å². The molecule has 2 aromatic carbocycles. The third-order valence-corrected chi connectivity index (χ3v) is 4.24. The Morgan fingerprint density at radius 3 is 2.08 bits per heavy atom. The van der Waals surface area contributed by atoms with Gasteiger partial charge >= 0.3 is 11.9 Å². The standard InChI is InChI=1S/C19H12Cl2O5/c1-25-18(23)15(11-4-8-13(21)9-5-11)17-16(22)14(19(24)26-17)10-2-6-12(20)7-3-10/h2-9,22H,1H3. The average molecular weight is 391 g/mol. The summed E-state index contributed by atoms with van der Waals surface area (Å²) in [5, 5.41) is 11.5. The number of hydrogen-bond acceptors (Lipinski definition) is 5. The summed E-state index contributed by atoms with van der Waals surface area (Å²) in [6, 6.07) is 12.5. The van der Waals surface area contributed by atoms with Gasteiger partial charge in [0.2, 0.25) is 0 Å². The molecule has 1 heterocycles. The van der Waals surface area contributed by atoms with Crippen molar-refractivity contribution < 1.29 is 24.2 Å². The summed E-state index contributed by atoms with van der Waals surface area (Å²) in [5.74, 6) is -2.27. The molecule has 0 aromatic heterocycles. The quantitative estimate of drug-likeness (QED) is 0.620. The van der Waals surface area contributed by atoms with E-state index < -0.39 is 17.7 Å². The third kappa shape index (κ3) is 3.31. The number of cyclic esters (lactones) is 1. The first-order chi connectivity index (χ1) is 12.4. The van der Waals surface area contributed by atoms with Crippen LogP contribution in [0.15, 0.2) is 60.0 Å². The molecule has 1 N–H and O–H groups in total. The van der Waals surface area contributed by atoms with E-state index in [2.05, 4.69) is 0 Å². The Labute approximate surface area is 159 Å². The van der Waals surface area contributed by atoms with Gasteiger partial charge in [-0.25, -0.2) is 9.59 Å². The number of aliphatic hydroxyl groups excluding tert-OH is 1. The van der Waals surface area contributed by atoms with Crippen molar-refractivity contribution in [2.45, 2.75) is 0 Å². The zero-order chi connectivity index (χ0) is 18.8. The summed E-state index contributed by atoms with van der Waals surface area (Å²) >= 11 is 11.7. The lowest BCUT2D eigenvalue weighted by Crippen LogP contribution is -2.09. The fourth-order valence-electron chi connectivity index (χ4n) is 2.50. The lowest BCUT2D eigenvalue weighted by Gasteiger charge is -2.09. The number of halogens is 2. The molecule has 0 fully saturated rings. The van der Waals surface area contributed by atoms with E-state index in [0.29, 0.717) is 21.2 Å². The number of benzene rings is 2. The van der Waals surface area contributed by atoms with Gasteiger partial charge in [0, 0.05) is 10.0 Å². The number of aliphatic hydroxyl groups is 1. The van der Waals surface area contributed by atoms with E-state index in [1.807, 2.05) is 0 Å². The average Bonchev–Trinajstić information content (AvgIpc) is 2.92. The van der Waals surface area contributed by atoms with E-state index in [9.17, 15) is 14.7 Å². The van der Waals surface area contributed by atoms with E-state index >= 15 is 0 Å². The van der Waals surface area contributed by atoms with Gasteiger partial charge in [-0.2, -0.15) is 0 Å². The number of carbonyl (C=O) groups excluding carboxylic acids is 2. The lowest BCUT2D eigenvalue weighted by molar-refractivity contribution is -0.134. The highest BCUT2D eigenvalue weighted by atomic mass is 35.5. The van der Waals surface area contributed by atoms with E-state index in [4.69, 9.17) is 32.7 Å². The predicted octanol–water partition coefficient (Wildman–Crippen LogP) is 4.40. The van der Waals surface area contributed by atoms with Crippen LogP contribution in [0.25, 0.3) is 11.1 Å². The summed E-state index contributed by atoms with van der Waals surface area (Å²) in [4.78, 5) is 24.6. The summed E-state index contributed by atoms with van der Waals surface area (Å²) in [7, 11) is 1.19. The van der Waals surface area contributed by atoms with Crippen LogP contribution in [0.3, 0.4) is 0 Å². The van der Waals surface area contributed by atoms with Crippen molar-refractivity contribution >= 4 is 46.3 Å². The first kappa shape index (κ1) is 18.0. The van der Waals surface area contributed by atoms with Crippen LogP contribution in [0, 0.1) is 0 Å². The minimum absolute atomic E-state index is 0.0629. The third-order valence-electron chi connectivity index (χ3n) is 3.73. The molecule has 26 heavy (non-hydrogen) atoms. The molecule has 5 nitrogen and oxygen atoms in total. The highest BCUT2D eigenvalue weighted by Crippen LogP contribution is 2.37. The van der Waals surface area contributed by atoms with Crippen LogP contribution in [-0.2, 0) is 19.1 Å². The Morgan fingerprint density at radius 2 is 1.54 bits per heavy atom. The van der Waals surface area contributed by atoms with Crippen molar-refractivity contribution in [3.63, 3.8) is 0 Å². The molecule has 0 unspecified atom stereocenters. The molecule has 3 rings (SSSR count). The Hall–Kier alpha value is -2.76. The second-order valence-corrected chi connectivity index (χ2v) is 6.20. The first-order valence-corrected chi connectivity index (χ1v) is 8.18. The van der Waals surface area contributed by atoms with E-state index in [1.54, 1.807) is 48.5 Å². The van der Waals surface area contributed by atoms with Crippen LogP contribution in [0.5, 0.6) is 0 Å². The maximum atomic E-state index is 12.3. The molecule has 0 saturated carbocycles. The molecule has 2 aromatic rings. The van der Waals surface area contributed by atoms with E-state index in [1.165, 1.54) is 7.11 Å². The second-order valence-electron chi connectivity index (χ2n) is 5.32. The summed E-state index contributed by atoms with van der Waals surface area (Å²) in [5.41, 5.74) is 0.645. The Balaban J connectivity index is 2.20. The van der Waals surface area contributed by atoms with Crippen LogP contribution in [-0.4, -0.2) is 24.2 Å². The molecule has 0 atom stereocenters. The number of carbonyl (C=O) groups is 2. The number of hydrogen-bond donors (Lipinski definition) is 1. The molecule has 0 spiro atoms. The summed E-state index contributed by atoms with van der Waals surface area (Å²) < 4.78 is 9.97. The highest BCUT2D eigenvalue weighted by Gasteiger charge is 2.36. The maximum absolute atomic E-state index is 12.3. The zero-order valence-corrected chi connectivity index (χ0v) is 15.0. The molecule has 1 aliphatic rings. The number of methoxy groups -OCH3 is 1. The SMILES string of the molecule is COC(=O)C(=C1OC(=O)C(c2ccc(Cl)cc2)=C1O)c1ccc(Cl)cc1.